The van der Waals surface area contributed by atoms with Crippen molar-refractivity contribution in [3.8, 4) is 17.2 Å². The molecular formula is C25H23BrO5. The number of aryl methyl sites for hydroxylation is 2. The average Bonchev–Trinajstić information content (AvgIpc) is 2.81. The fourth-order valence-corrected chi connectivity index (χ4v) is 3.80. The van der Waals surface area contributed by atoms with Crippen LogP contribution < -0.4 is 14.2 Å². The van der Waals surface area contributed by atoms with Gasteiger partial charge in [-0.25, -0.2) is 0 Å². The Hall–Kier alpha value is -3.12. The maximum absolute atomic E-state index is 12.8. The van der Waals surface area contributed by atoms with Gasteiger partial charge in [0.15, 0.2) is 11.5 Å². The van der Waals surface area contributed by atoms with Gasteiger partial charge in [-0.15, -0.1) is 0 Å². The first-order chi connectivity index (χ1) is 14.9. The minimum atomic E-state index is -0.549. The third-order valence-corrected chi connectivity index (χ3v) is 5.39. The molecule has 160 valence electrons. The van der Waals surface area contributed by atoms with Crippen LogP contribution in [0.5, 0.6) is 17.2 Å². The van der Waals surface area contributed by atoms with E-state index in [2.05, 4.69) is 15.9 Å². The van der Waals surface area contributed by atoms with Gasteiger partial charge in [-0.1, -0.05) is 22.0 Å². The minimum Gasteiger partial charge on any atom is -0.497 e. The number of methoxy groups -OCH3 is 3. The van der Waals surface area contributed by atoms with E-state index in [9.17, 15) is 9.59 Å². The van der Waals surface area contributed by atoms with Crippen molar-refractivity contribution in [2.24, 2.45) is 0 Å². The summed E-state index contributed by atoms with van der Waals surface area (Å²) >= 11 is 3.46. The highest BCUT2D eigenvalue weighted by Gasteiger charge is 2.19. The molecule has 0 heterocycles. The Morgan fingerprint density at radius 1 is 0.677 bits per heavy atom. The summed E-state index contributed by atoms with van der Waals surface area (Å²) in [4.78, 5) is 25.4. The van der Waals surface area contributed by atoms with E-state index in [4.69, 9.17) is 14.2 Å². The van der Waals surface area contributed by atoms with Gasteiger partial charge in [0.05, 0.1) is 21.3 Å². The van der Waals surface area contributed by atoms with E-state index in [0.717, 1.165) is 22.0 Å². The number of ether oxygens (including phenoxy) is 3. The molecule has 0 radical (unpaired) electrons. The van der Waals surface area contributed by atoms with Gasteiger partial charge in [0.25, 0.3) is 0 Å². The van der Waals surface area contributed by atoms with E-state index in [1.807, 2.05) is 24.3 Å². The lowest BCUT2D eigenvalue weighted by Gasteiger charge is -2.10. The van der Waals surface area contributed by atoms with E-state index >= 15 is 0 Å². The highest BCUT2D eigenvalue weighted by molar-refractivity contribution is 9.10. The molecule has 0 fully saturated rings. The van der Waals surface area contributed by atoms with Gasteiger partial charge in [-0.2, -0.15) is 0 Å². The normalized spacial score (nSPS) is 10.5. The van der Waals surface area contributed by atoms with Gasteiger partial charge in [0.1, 0.15) is 5.75 Å². The van der Waals surface area contributed by atoms with Crippen LogP contribution in [0.1, 0.15) is 31.8 Å². The number of hydrogen-bond acceptors (Lipinski definition) is 5. The van der Waals surface area contributed by atoms with Crippen molar-refractivity contribution in [1.29, 1.82) is 0 Å². The molecule has 3 aromatic rings. The van der Waals surface area contributed by atoms with Crippen molar-refractivity contribution < 1.29 is 23.8 Å². The van der Waals surface area contributed by atoms with E-state index < -0.39 is 11.6 Å². The maximum atomic E-state index is 12.8. The van der Waals surface area contributed by atoms with Crippen LogP contribution in [-0.4, -0.2) is 32.9 Å². The summed E-state index contributed by atoms with van der Waals surface area (Å²) in [5, 5.41) is 0. The highest BCUT2D eigenvalue weighted by Crippen LogP contribution is 2.28. The Bertz CT molecular complexity index is 1090. The summed E-state index contributed by atoms with van der Waals surface area (Å²) < 4.78 is 16.5. The van der Waals surface area contributed by atoms with Crippen LogP contribution in [0.2, 0.25) is 0 Å². The molecule has 31 heavy (non-hydrogen) atoms. The molecule has 0 aliphatic carbocycles. The maximum Gasteiger partial charge on any atom is 0.233 e. The molecular weight excluding hydrogens is 460 g/mol. The van der Waals surface area contributed by atoms with Crippen LogP contribution in [0.4, 0.5) is 0 Å². The van der Waals surface area contributed by atoms with Gasteiger partial charge >= 0.3 is 0 Å². The van der Waals surface area contributed by atoms with E-state index in [-0.39, 0.29) is 0 Å². The Balaban J connectivity index is 1.76. The molecule has 0 bridgehead atoms. The van der Waals surface area contributed by atoms with Crippen LogP contribution in [0.15, 0.2) is 65.1 Å². The highest BCUT2D eigenvalue weighted by atomic mass is 79.9. The molecule has 0 unspecified atom stereocenters. The van der Waals surface area contributed by atoms with E-state index in [1.165, 1.54) is 0 Å². The second-order valence-corrected chi connectivity index (χ2v) is 7.84. The number of benzene rings is 3. The van der Waals surface area contributed by atoms with Crippen molar-refractivity contribution in [1.82, 2.24) is 0 Å². The van der Waals surface area contributed by atoms with Gasteiger partial charge < -0.3 is 14.2 Å². The predicted octanol–water partition coefficient (Wildman–Crippen LogP) is 5.33. The van der Waals surface area contributed by atoms with Crippen LogP contribution >= 0.6 is 15.9 Å². The Labute approximate surface area is 190 Å². The molecule has 0 N–H and O–H groups in total. The van der Waals surface area contributed by atoms with E-state index in [0.29, 0.717) is 34.8 Å². The molecule has 3 aromatic carbocycles. The third-order valence-electron chi connectivity index (χ3n) is 4.93. The molecule has 0 aromatic heterocycles. The predicted molar refractivity (Wildman–Crippen MR) is 123 cm³/mol. The number of Topliss-reactive ketones (excluding diaryl/α,β-unsaturated/α-hetero) is 2. The smallest absolute Gasteiger partial charge is 0.233 e. The monoisotopic (exact) mass is 482 g/mol. The second-order valence-electron chi connectivity index (χ2n) is 6.92. The van der Waals surface area contributed by atoms with Gasteiger partial charge in [0, 0.05) is 15.6 Å². The first-order valence-corrected chi connectivity index (χ1v) is 10.5. The lowest BCUT2D eigenvalue weighted by atomic mass is 9.97. The standard InChI is InChI=1S/C25H23BrO5/c1-29-21-9-7-18(8-10-21)24(27)25(28)19-12-17(13-20(26)15-19)5-4-16-6-11-22(30-2)23(14-16)31-3/h6-15H,4-5H2,1-3H3. The molecule has 3 rings (SSSR count). The van der Waals surface area contributed by atoms with Crippen molar-refractivity contribution in [2.45, 2.75) is 12.8 Å². The number of carbonyl (C=O) groups is 2. The average molecular weight is 483 g/mol. The first kappa shape index (κ1) is 22.6. The molecule has 0 atom stereocenters. The fraction of sp³-hybridized carbons (Fsp3) is 0.200. The lowest BCUT2D eigenvalue weighted by Crippen LogP contribution is -2.15. The molecule has 0 aliphatic rings. The van der Waals surface area contributed by atoms with Crippen molar-refractivity contribution in [2.75, 3.05) is 21.3 Å². The summed E-state index contributed by atoms with van der Waals surface area (Å²) in [5.41, 5.74) is 2.73. The number of carbonyl (C=O) groups excluding carboxylic acids is 2. The number of halogens is 1. The second kappa shape index (κ2) is 10.3. The van der Waals surface area contributed by atoms with Crippen molar-refractivity contribution >= 4 is 27.5 Å². The molecule has 0 saturated heterocycles. The molecule has 0 saturated carbocycles. The van der Waals surface area contributed by atoms with Crippen LogP contribution in [0.25, 0.3) is 0 Å². The van der Waals surface area contributed by atoms with Gasteiger partial charge in [-0.05, 0) is 78.6 Å². The van der Waals surface area contributed by atoms with Gasteiger partial charge in [0.2, 0.25) is 11.6 Å². The largest absolute Gasteiger partial charge is 0.497 e. The van der Waals surface area contributed by atoms with Crippen LogP contribution in [-0.2, 0) is 12.8 Å². The summed E-state index contributed by atoms with van der Waals surface area (Å²) in [7, 11) is 4.76. The third kappa shape index (κ3) is 5.52. The van der Waals surface area contributed by atoms with Crippen molar-refractivity contribution in [3.05, 3.63) is 87.4 Å². The molecule has 5 nitrogen and oxygen atoms in total. The Kier molecular flexibility index (Phi) is 7.47. The summed E-state index contributed by atoms with van der Waals surface area (Å²) in [6.07, 6.45) is 1.45. The molecule has 0 spiro atoms. The Morgan fingerprint density at radius 2 is 1.32 bits per heavy atom. The number of hydrogen-bond donors (Lipinski definition) is 0. The lowest BCUT2D eigenvalue weighted by molar-refractivity contribution is 0.0817. The fourth-order valence-electron chi connectivity index (χ4n) is 3.26. The topological polar surface area (TPSA) is 61.8 Å². The molecule has 0 aliphatic heterocycles. The van der Waals surface area contributed by atoms with E-state index in [1.54, 1.807) is 57.7 Å². The summed E-state index contributed by atoms with van der Waals surface area (Å²) in [5.74, 6) is 0.892. The molecule has 0 amide bonds. The zero-order chi connectivity index (χ0) is 22.4. The van der Waals surface area contributed by atoms with Crippen molar-refractivity contribution in [3.63, 3.8) is 0 Å². The quantitative estimate of drug-likeness (QED) is 0.304. The van der Waals surface area contributed by atoms with Crippen LogP contribution in [0.3, 0.4) is 0 Å². The summed E-state index contributed by atoms with van der Waals surface area (Å²) in [6.45, 7) is 0. The SMILES string of the molecule is COc1ccc(C(=O)C(=O)c2cc(Br)cc(CCc3ccc(OC)c(OC)c3)c2)cc1. The van der Waals surface area contributed by atoms with Crippen LogP contribution in [0, 0.1) is 0 Å². The zero-order valence-electron chi connectivity index (χ0n) is 17.6. The minimum absolute atomic E-state index is 0.331. The summed E-state index contributed by atoms with van der Waals surface area (Å²) in [6, 6.07) is 17.7. The van der Waals surface area contributed by atoms with Gasteiger partial charge in [-0.3, -0.25) is 9.59 Å². The zero-order valence-corrected chi connectivity index (χ0v) is 19.2. The number of ketones is 2. The molecule has 6 heteroatoms. The first-order valence-electron chi connectivity index (χ1n) is 9.68. The number of rotatable bonds is 9. The Morgan fingerprint density at radius 3 is 1.97 bits per heavy atom.